The maximum Gasteiger partial charge on any atom is 0.247 e. The zero-order valence-corrected chi connectivity index (χ0v) is 12.0. The third-order valence-corrected chi connectivity index (χ3v) is 4.51. The van der Waals surface area contributed by atoms with E-state index in [1.165, 1.54) is 25.9 Å². The second kappa shape index (κ2) is 5.80. The molecule has 1 aromatic carbocycles. The molecule has 3 nitrogen and oxygen atoms in total. The number of nitrogens with zero attached hydrogens (tertiary/aromatic N) is 1. The number of hydrogen-bond donors (Lipinski definition) is 1. The van der Waals surface area contributed by atoms with Crippen LogP contribution in [-0.2, 0) is 4.79 Å². The molecule has 1 atom stereocenters. The molecule has 1 aromatic rings. The molecule has 2 bridgehead atoms. The first-order chi connectivity index (χ1) is 9.72. The van der Waals surface area contributed by atoms with Crippen LogP contribution in [-0.4, -0.2) is 36.5 Å². The summed E-state index contributed by atoms with van der Waals surface area (Å²) in [6.07, 6.45) is 4.41. The molecule has 3 fully saturated rings. The lowest BCUT2D eigenvalue weighted by Gasteiger charge is -2.44. The minimum Gasteiger partial charge on any atom is -0.348 e. The van der Waals surface area contributed by atoms with Crippen LogP contribution < -0.4 is 5.32 Å². The van der Waals surface area contributed by atoms with E-state index >= 15 is 0 Å². The first kappa shape index (κ1) is 13.4. The van der Waals surface area contributed by atoms with Gasteiger partial charge in [0.05, 0.1) is 0 Å². The highest BCUT2D eigenvalue weighted by molar-refractivity contribution is 5.97. The summed E-state index contributed by atoms with van der Waals surface area (Å²) in [6, 6.07) is 10.3. The van der Waals surface area contributed by atoms with Gasteiger partial charge in [-0.15, -0.1) is 0 Å². The molecule has 3 saturated heterocycles. The molecule has 20 heavy (non-hydrogen) atoms. The van der Waals surface area contributed by atoms with Crippen molar-refractivity contribution in [2.45, 2.75) is 25.8 Å². The Kier molecular flexibility index (Phi) is 3.88. The molecular weight excluding hydrogens is 248 g/mol. The van der Waals surface area contributed by atoms with E-state index in [9.17, 15) is 4.79 Å². The molecule has 3 aliphatic heterocycles. The SMILES string of the molecule is C/C(=C\c1ccccc1)C(=O)N[C@@H]1CN2CCC1CC2. The third-order valence-electron chi connectivity index (χ3n) is 4.51. The van der Waals surface area contributed by atoms with Crippen molar-refractivity contribution >= 4 is 12.0 Å². The van der Waals surface area contributed by atoms with Gasteiger partial charge in [0.1, 0.15) is 0 Å². The number of fused-ring (bicyclic) bond motifs is 3. The quantitative estimate of drug-likeness (QED) is 0.855. The summed E-state index contributed by atoms with van der Waals surface area (Å²) >= 11 is 0. The molecule has 3 heteroatoms. The van der Waals surface area contributed by atoms with Gasteiger partial charge in [0.25, 0.3) is 0 Å². The summed E-state index contributed by atoms with van der Waals surface area (Å²) < 4.78 is 0. The standard InChI is InChI=1S/C17H22N2O/c1-13(11-14-5-3-2-4-6-14)17(20)18-16-12-19-9-7-15(16)8-10-19/h2-6,11,15-16H,7-10,12H2,1H3,(H,18,20)/b13-11+/t16-/m1/s1. The van der Waals surface area contributed by atoms with E-state index in [0.717, 1.165) is 17.7 Å². The van der Waals surface area contributed by atoms with Crippen molar-refractivity contribution in [3.8, 4) is 0 Å². The second-order valence-electron chi connectivity index (χ2n) is 5.96. The van der Waals surface area contributed by atoms with Crippen LogP contribution in [0.5, 0.6) is 0 Å². The van der Waals surface area contributed by atoms with E-state index in [2.05, 4.69) is 10.2 Å². The summed E-state index contributed by atoms with van der Waals surface area (Å²) in [6.45, 7) is 5.32. The molecule has 0 aliphatic carbocycles. The molecule has 0 unspecified atom stereocenters. The van der Waals surface area contributed by atoms with Crippen molar-refractivity contribution in [3.63, 3.8) is 0 Å². The average Bonchev–Trinajstić information content (AvgIpc) is 2.49. The monoisotopic (exact) mass is 270 g/mol. The number of carbonyl (C=O) groups excluding carboxylic acids is 1. The molecular formula is C17H22N2O. The number of amides is 1. The van der Waals surface area contributed by atoms with E-state index in [4.69, 9.17) is 0 Å². The number of nitrogens with one attached hydrogen (secondary N) is 1. The summed E-state index contributed by atoms with van der Waals surface area (Å²) in [4.78, 5) is 14.8. The number of carbonyl (C=O) groups is 1. The molecule has 3 heterocycles. The van der Waals surface area contributed by atoms with E-state index in [0.29, 0.717) is 12.0 Å². The summed E-state index contributed by atoms with van der Waals surface area (Å²) in [5.74, 6) is 0.751. The number of hydrogen-bond acceptors (Lipinski definition) is 2. The zero-order chi connectivity index (χ0) is 13.9. The van der Waals surface area contributed by atoms with Crippen molar-refractivity contribution < 1.29 is 4.79 Å². The predicted octanol–water partition coefficient (Wildman–Crippen LogP) is 2.30. The minimum absolute atomic E-state index is 0.0765. The fraction of sp³-hybridized carbons (Fsp3) is 0.471. The van der Waals surface area contributed by atoms with Crippen molar-refractivity contribution in [2.24, 2.45) is 5.92 Å². The van der Waals surface area contributed by atoms with Gasteiger partial charge in [-0.2, -0.15) is 0 Å². The molecule has 0 aromatic heterocycles. The summed E-state index contributed by atoms with van der Waals surface area (Å²) in [7, 11) is 0. The first-order valence-electron chi connectivity index (χ1n) is 7.49. The fourth-order valence-corrected chi connectivity index (χ4v) is 3.28. The Morgan fingerprint density at radius 3 is 2.55 bits per heavy atom. The van der Waals surface area contributed by atoms with Crippen molar-refractivity contribution in [1.29, 1.82) is 0 Å². The van der Waals surface area contributed by atoms with Crippen LogP contribution in [0.2, 0.25) is 0 Å². The zero-order valence-electron chi connectivity index (χ0n) is 12.0. The van der Waals surface area contributed by atoms with E-state index in [1.807, 2.05) is 43.3 Å². The van der Waals surface area contributed by atoms with Crippen LogP contribution in [0, 0.1) is 5.92 Å². The predicted molar refractivity (Wildman–Crippen MR) is 81.2 cm³/mol. The van der Waals surface area contributed by atoms with Crippen LogP contribution in [0.15, 0.2) is 35.9 Å². The number of benzene rings is 1. The van der Waals surface area contributed by atoms with Gasteiger partial charge in [-0.3, -0.25) is 4.79 Å². The van der Waals surface area contributed by atoms with Crippen LogP contribution in [0.3, 0.4) is 0 Å². The molecule has 106 valence electrons. The van der Waals surface area contributed by atoms with Crippen molar-refractivity contribution in [3.05, 3.63) is 41.5 Å². The lowest BCUT2D eigenvalue weighted by atomic mass is 9.84. The van der Waals surface area contributed by atoms with Crippen molar-refractivity contribution in [2.75, 3.05) is 19.6 Å². The molecule has 0 spiro atoms. The Hall–Kier alpha value is -1.61. The van der Waals surface area contributed by atoms with Gasteiger partial charge in [-0.1, -0.05) is 30.3 Å². The van der Waals surface area contributed by atoms with Gasteiger partial charge in [0.15, 0.2) is 0 Å². The topological polar surface area (TPSA) is 32.3 Å². The Morgan fingerprint density at radius 2 is 1.95 bits per heavy atom. The van der Waals surface area contributed by atoms with E-state index in [-0.39, 0.29) is 5.91 Å². The van der Waals surface area contributed by atoms with Gasteiger partial charge in [0.2, 0.25) is 5.91 Å². The lowest BCUT2D eigenvalue weighted by Crippen LogP contribution is -2.57. The van der Waals surface area contributed by atoms with Crippen LogP contribution in [0.1, 0.15) is 25.3 Å². The van der Waals surface area contributed by atoms with Gasteiger partial charge in [-0.05, 0) is 50.4 Å². The molecule has 0 radical (unpaired) electrons. The second-order valence-corrected chi connectivity index (χ2v) is 5.96. The van der Waals surface area contributed by atoms with Gasteiger partial charge < -0.3 is 10.2 Å². The fourth-order valence-electron chi connectivity index (χ4n) is 3.28. The Bertz CT molecular complexity index is 501. The summed E-state index contributed by atoms with van der Waals surface area (Å²) in [5, 5.41) is 3.22. The summed E-state index contributed by atoms with van der Waals surface area (Å²) in [5.41, 5.74) is 1.86. The van der Waals surface area contributed by atoms with Gasteiger partial charge in [0, 0.05) is 18.2 Å². The largest absolute Gasteiger partial charge is 0.348 e. The minimum atomic E-state index is 0.0765. The Balaban J connectivity index is 1.63. The van der Waals surface area contributed by atoms with E-state index < -0.39 is 0 Å². The van der Waals surface area contributed by atoms with Crippen LogP contribution in [0.25, 0.3) is 6.08 Å². The third kappa shape index (κ3) is 2.93. The van der Waals surface area contributed by atoms with Crippen LogP contribution in [0.4, 0.5) is 0 Å². The maximum absolute atomic E-state index is 12.3. The molecule has 1 N–H and O–H groups in total. The highest BCUT2D eigenvalue weighted by atomic mass is 16.1. The van der Waals surface area contributed by atoms with Gasteiger partial charge >= 0.3 is 0 Å². The molecule has 0 saturated carbocycles. The molecule has 1 amide bonds. The number of piperidine rings is 3. The average molecular weight is 270 g/mol. The van der Waals surface area contributed by atoms with Crippen LogP contribution >= 0.6 is 0 Å². The smallest absolute Gasteiger partial charge is 0.247 e. The van der Waals surface area contributed by atoms with Gasteiger partial charge in [-0.25, -0.2) is 0 Å². The normalized spacial score (nSPS) is 29.2. The highest BCUT2D eigenvalue weighted by Crippen LogP contribution is 2.27. The number of rotatable bonds is 3. The molecule has 3 aliphatic rings. The Labute approximate surface area is 120 Å². The molecule has 4 rings (SSSR count). The first-order valence-corrected chi connectivity index (χ1v) is 7.49. The lowest BCUT2D eigenvalue weighted by molar-refractivity contribution is -0.119. The van der Waals surface area contributed by atoms with E-state index in [1.54, 1.807) is 0 Å². The highest BCUT2D eigenvalue weighted by Gasteiger charge is 2.34. The maximum atomic E-state index is 12.3. The Morgan fingerprint density at radius 1 is 1.25 bits per heavy atom. The van der Waals surface area contributed by atoms with Crippen molar-refractivity contribution in [1.82, 2.24) is 10.2 Å².